The van der Waals surface area contributed by atoms with Crippen LogP contribution >= 0.6 is 0 Å². The summed E-state index contributed by atoms with van der Waals surface area (Å²) >= 11 is 0. The number of morpholine rings is 1. The van der Waals surface area contributed by atoms with Gasteiger partial charge in [0.15, 0.2) is 0 Å². The number of hydrogen-bond donors (Lipinski definition) is 3. The van der Waals surface area contributed by atoms with E-state index in [0.29, 0.717) is 19.3 Å². The van der Waals surface area contributed by atoms with Crippen molar-refractivity contribution in [2.75, 3.05) is 32.8 Å². The van der Waals surface area contributed by atoms with Crippen molar-refractivity contribution in [2.45, 2.75) is 12.1 Å². The fourth-order valence-corrected chi connectivity index (χ4v) is 1.43. The third-order valence-electron chi connectivity index (χ3n) is 2.37. The molecule has 0 saturated carbocycles. The molecular weight excluding hydrogens is 170 g/mol. The number of amides is 1. The molecule has 0 unspecified atom stereocenters. The van der Waals surface area contributed by atoms with Gasteiger partial charge in [0.2, 0.25) is 5.91 Å². The summed E-state index contributed by atoms with van der Waals surface area (Å²) < 4.78 is 5.20. The fraction of sp³-hybridized carbons (Fsp3) is 0.875. The van der Waals surface area contributed by atoms with Crippen molar-refractivity contribution < 1.29 is 9.53 Å². The van der Waals surface area contributed by atoms with Crippen LogP contribution in [0.3, 0.4) is 0 Å². The Morgan fingerprint density at radius 3 is 2.85 bits per heavy atom. The Labute approximate surface area is 77.2 Å². The Kier molecular flexibility index (Phi) is 2.77. The number of carbonyl (C=O) groups excluding carboxylic acids is 1. The second-order valence-electron chi connectivity index (χ2n) is 3.45. The van der Waals surface area contributed by atoms with Gasteiger partial charge in [-0.05, 0) is 0 Å². The molecule has 74 valence electrons. The number of carbonyl (C=O) groups is 1. The zero-order valence-electron chi connectivity index (χ0n) is 7.51. The first-order valence-corrected chi connectivity index (χ1v) is 4.68. The second kappa shape index (κ2) is 4.04. The lowest BCUT2D eigenvalue weighted by atomic mass is 10.1. The highest BCUT2D eigenvalue weighted by Crippen LogP contribution is 1.96. The van der Waals surface area contributed by atoms with E-state index < -0.39 is 0 Å². The van der Waals surface area contributed by atoms with E-state index >= 15 is 0 Å². The molecule has 0 aromatic rings. The Hall–Kier alpha value is -0.650. The first-order valence-electron chi connectivity index (χ1n) is 4.68. The van der Waals surface area contributed by atoms with Crippen LogP contribution in [0.1, 0.15) is 0 Å². The number of rotatable bonds is 2. The van der Waals surface area contributed by atoms with Crippen LogP contribution in [-0.4, -0.2) is 50.8 Å². The van der Waals surface area contributed by atoms with E-state index in [1.807, 2.05) is 0 Å². The predicted molar refractivity (Wildman–Crippen MR) is 47.4 cm³/mol. The monoisotopic (exact) mass is 185 g/mol. The Bertz CT molecular complexity index is 188. The van der Waals surface area contributed by atoms with Crippen molar-refractivity contribution in [1.29, 1.82) is 0 Å². The van der Waals surface area contributed by atoms with Gasteiger partial charge in [0.1, 0.15) is 6.04 Å². The van der Waals surface area contributed by atoms with Gasteiger partial charge >= 0.3 is 0 Å². The topological polar surface area (TPSA) is 62.4 Å². The van der Waals surface area contributed by atoms with Crippen molar-refractivity contribution in [3.8, 4) is 0 Å². The molecule has 2 heterocycles. The Balaban J connectivity index is 1.74. The highest BCUT2D eigenvalue weighted by molar-refractivity contribution is 5.82. The summed E-state index contributed by atoms with van der Waals surface area (Å²) in [6, 6.07) is 0.158. The third-order valence-corrected chi connectivity index (χ3v) is 2.37. The molecular formula is C8H15N3O2. The third kappa shape index (κ3) is 2.18. The SMILES string of the molecule is O=C(NC1CNC1)[C@H]1COCCN1. The van der Waals surface area contributed by atoms with Crippen LogP contribution in [0, 0.1) is 0 Å². The first kappa shape index (κ1) is 8.93. The van der Waals surface area contributed by atoms with Gasteiger partial charge in [-0.3, -0.25) is 4.79 Å². The molecule has 0 aromatic carbocycles. The molecule has 1 amide bonds. The van der Waals surface area contributed by atoms with Crippen LogP contribution < -0.4 is 16.0 Å². The highest BCUT2D eigenvalue weighted by Gasteiger charge is 2.25. The second-order valence-corrected chi connectivity index (χ2v) is 3.45. The average Bonchev–Trinajstić information content (AvgIpc) is 2.12. The molecule has 2 rings (SSSR count). The zero-order chi connectivity index (χ0) is 9.10. The van der Waals surface area contributed by atoms with E-state index in [0.717, 1.165) is 19.6 Å². The Morgan fingerprint density at radius 2 is 2.31 bits per heavy atom. The minimum Gasteiger partial charge on any atom is -0.378 e. The van der Waals surface area contributed by atoms with Gasteiger partial charge in [-0.2, -0.15) is 0 Å². The van der Waals surface area contributed by atoms with Crippen molar-refractivity contribution in [1.82, 2.24) is 16.0 Å². The summed E-state index contributed by atoms with van der Waals surface area (Å²) in [5, 5.41) is 9.16. The van der Waals surface area contributed by atoms with E-state index in [4.69, 9.17) is 4.74 Å². The minimum absolute atomic E-state index is 0.0613. The van der Waals surface area contributed by atoms with Crippen molar-refractivity contribution in [3.05, 3.63) is 0 Å². The van der Waals surface area contributed by atoms with Gasteiger partial charge < -0.3 is 20.7 Å². The minimum atomic E-state index is -0.158. The molecule has 2 aliphatic heterocycles. The average molecular weight is 185 g/mol. The number of nitrogens with one attached hydrogen (secondary N) is 3. The smallest absolute Gasteiger partial charge is 0.239 e. The molecule has 0 bridgehead atoms. The summed E-state index contributed by atoms with van der Waals surface area (Å²) in [6.07, 6.45) is 0. The molecule has 0 radical (unpaired) electrons. The van der Waals surface area contributed by atoms with Gasteiger partial charge in [-0.1, -0.05) is 0 Å². The Morgan fingerprint density at radius 1 is 1.46 bits per heavy atom. The standard InChI is InChI=1S/C8H15N3O2/c12-8(11-6-3-9-4-6)7-5-13-2-1-10-7/h6-7,9-10H,1-5H2,(H,11,12)/t7-/m1/s1. The molecule has 13 heavy (non-hydrogen) atoms. The molecule has 1 atom stereocenters. The lowest BCUT2D eigenvalue weighted by Crippen LogP contribution is -2.61. The van der Waals surface area contributed by atoms with Crippen LogP contribution in [0.15, 0.2) is 0 Å². The number of ether oxygens (including phenoxy) is 1. The van der Waals surface area contributed by atoms with Crippen LogP contribution in [0.25, 0.3) is 0 Å². The van der Waals surface area contributed by atoms with E-state index in [2.05, 4.69) is 16.0 Å². The van der Waals surface area contributed by atoms with E-state index in [9.17, 15) is 4.79 Å². The maximum Gasteiger partial charge on any atom is 0.239 e. The molecule has 2 aliphatic rings. The molecule has 0 aliphatic carbocycles. The van der Waals surface area contributed by atoms with Gasteiger partial charge in [0.05, 0.1) is 19.3 Å². The van der Waals surface area contributed by atoms with Gasteiger partial charge in [-0.25, -0.2) is 0 Å². The van der Waals surface area contributed by atoms with Crippen LogP contribution in [0.4, 0.5) is 0 Å². The summed E-state index contributed by atoms with van der Waals surface area (Å²) in [5.74, 6) is 0.0613. The highest BCUT2D eigenvalue weighted by atomic mass is 16.5. The largest absolute Gasteiger partial charge is 0.378 e. The molecule has 3 N–H and O–H groups in total. The fourth-order valence-electron chi connectivity index (χ4n) is 1.43. The molecule has 0 aromatic heterocycles. The first-order chi connectivity index (χ1) is 6.36. The van der Waals surface area contributed by atoms with Crippen LogP contribution in [0.2, 0.25) is 0 Å². The summed E-state index contributed by atoms with van der Waals surface area (Å²) in [5.41, 5.74) is 0. The van der Waals surface area contributed by atoms with Gasteiger partial charge in [0.25, 0.3) is 0 Å². The summed E-state index contributed by atoms with van der Waals surface area (Å²) in [7, 11) is 0. The van der Waals surface area contributed by atoms with Crippen molar-refractivity contribution >= 4 is 5.91 Å². The van der Waals surface area contributed by atoms with E-state index in [1.54, 1.807) is 0 Å². The maximum absolute atomic E-state index is 11.5. The maximum atomic E-state index is 11.5. The molecule has 5 nitrogen and oxygen atoms in total. The van der Waals surface area contributed by atoms with Crippen LogP contribution in [-0.2, 0) is 9.53 Å². The lowest BCUT2D eigenvalue weighted by Gasteiger charge is -2.31. The number of hydrogen-bond acceptors (Lipinski definition) is 4. The zero-order valence-corrected chi connectivity index (χ0v) is 7.51. The summed E-state index contributed by atoms with van der Waals surface area (Å²) in [4.78, 5) is 11.5. The van der Waals surface area contributed by atoms with Gasteiger partial charge in [0, 0.05) is 19.6 Å². The molecule has 0 spiro atoms. The van der Waals surface area contributed by atoms with Gasteiger partial charge in [-0.15, -0.1) is 0 Å². The van der Waals surface area contributed by atoms with E-state index in [-0.39, 0.29) is 11.9 Å². The summed E-state index contributed by atoms with van der Waals surface area (Å²) in [6.45, 7) is 3.74. The predicted octanol–water partition coefficient (Wildman–Crippen LogP) is -1.94. The van der Waals surface area contributed by atoms with E-state index in [1.165, 1.54) is 0 Å². The molecule has 2 fully saturated rings. The molecule has 2 saturated heterocycles. The van der Waals surface area contributed by atoms with Crippen molar-refractivity contribution in [3.63, 3.8) is 0 Å². The quantitative estimate of drug-likeness (QED) is 0.468. The lowest BCUT2D eigenvalue weighted by molar-refractivity contribution is -0.126. The van der Waals surface area contributed by atoms with Crippen LogP contribution in [0.5, 0.6) is 0 Å². The molecule has 5 heteroatoms. The normalized spacial score (nSPS) is 29.4. The van der Waals surface area contributed by atoms with Crippen molar-refractivity contribution in [2.24, 2.45) is 0 Å².